The number of hydrogen-bond donors (Lipinski definition) is 1. The summed E-state index contributed by atoms with van der Waals surface area (Å²) < 4.78 is 3.92. The summed E-state index contributed by atoms with van der Waals surface area (Å²) in [5.41, 5.74) is 1.16. The fourth-order valence-corrected chi connectivity index (χ4v) is 3.46. The molecule has 0 fully saturated rings. The second-order valence-corrected chi connectivity index (χ2v) is 6.54. The average Bonchev–Trinajstić information content (AvgIpc) is 3.40. The number of amides is 1. The number of hydrogen-bond acceptors (Lipinski definition) is 2. The number of rotatable bonds is 7. The van der Waals surface area contributed by atoms with E-state index in [-0.39, 0.29) is 11.9 Å². The molecule has 2 heterocycles. The Labute approximate surface area is 158 Å². The molecule has 0 saturated carbocycles. The van der Waals surface area contributed by atoms with Crippen LogP contribution in [0.1, 0.15) is 18.0 Å². The van der Waals surface area contributed by atoms with E-state index in [0.717, 1.165) is 5.56 Å². The van der Waals surface area contributed by atoms with Crippen molar-refractivity contribution < 1.29 is 4.79 Å². The first-order chi connectivity index (χ1) is 13.3. The minimum Gasteiger partial charge on any atom is -0.354 e. The van der Waals surface area contributed by atoms with Gasteiger partial charge in [0.25, 0.3) is 0 Å². The third kappa shape index (κ3) is 3.92. The lowest BCUT2D eigenvalue weighted by Gasteiger charge is -2.21. The van der Waals surface area contributed by atoms with Crippen LogP contribution in [-0.2, 0) is 11.3 Å². The summed E-state index contributed by atoms with van der Waals surface area (Å²) in [4.78, 5) is 12.6. The predicted molar refractivity (Wildman–Crippen MR) is 106 cm³/mol. The van der Waals surface area contributed by atoms with Gasteiger partial charge in [0.2, 0.25) is 5.91 Å². The highest BCUT2D eigenvalue weighted by Gasteiger charge is 2.19. The molecule has 2 aromatic heterocycles. The summed E-state index contributed by atoms with van der Waals surface area (Å²) in [5.74, 6) is 0.0359. The smallest absolute Gasteiger partial charge is 0.222 e. The summed E-state index contributed by atoms with van der Waals surface area (Å²) in [7, 11) is 0. The van der Waals surface area contributed by atoms with E-state index in [2.05, 4.69) is 45.3 Å². The fraction of sp³-hybridized carbons (Fsp3) is 0.182. The van der Waals surface area contributed by atoms with E-state index in [1.54, 1.807) is 6.20 Å². The van der Waals surface area contributed by atoms with E-state index >= 15 is 0 Å². The molecule has 136 valence electrons. The van der Waals surface area contributed by atoms with Crippen molar-refractivity contribution in [3.05, 3.63) is 91.0 Å². The number of carbonyl (C=O) groups is 1. The SMILES string of the molecule is O=C(CC(c1cccc2ccccc12)n1cccc1)NCCn1cccn1. The zero-order valence-corrected chi connectivity index (χ0v) is 15.0. The van der Waals surface area contributed by atoms with Crippen LogP contribution >= 0.6 is 0 Å². The Hall–Kier alpha value is -3.34. The molecule has 0 spiro atoms. The highest BCUT2D eigenvalue weighted by atomic mass is 16.1. The Morgan fingerprint density at radius 3 is 2.59 bits per heavy atom. The van der Waals surface area contributed by atoms with Gasteiger partial charge in [0.1, 0.15) is 0 Å². The van der Waals surface area contributed by atoms with Crippen molar-refractivity contribution in [1.82, 2.24) is 19.7 Å². The Bertz CT molecular complexity index is 1000. The summed E-state index contributed by atoms with van der Waals surface area (Å²) in [5, 5.41) is 9.55. The molecule has 4 rings (SSSR count). The molecule has 1 amide bonds. The van der Waals surface area contributed by atoms with Crippen LogP contribution in [0.4, 0.5) is 0 Å². The van der Waals surface area contributed by atoms with Crippen molar-refractivity contribution in [3.8, 4) is 0 Å². The molecule has 1 atom stereocenters. The van der Waals surface area contributed by atoms with Crippen molar-refractivity contribution in [2.75, 3.05) is 6.54 Å². The highest BCUT2D eigenvalue weighted by Crippen LogP contribution is 2.29. The zero-order valence-electron chi connectivity index (χ0n) is 15.0. The number of nitrogens with one attached hydrogen (secondary N) is 1. The quantitative estimate of drug-likeness (QED) is 0.548. The number of benzene rings is 2. The van der Waals surface area contributed by atoms with Crippen LogP contribution in [0.15, 0.2) is 85.5 Å². The molecule has 0 aliphatic rings. The molecule has 0 saturated heterocycles. The first-order valence-corrected chi connectivity index (χ1v) is 9.15. The second kappa shape index (κ2) is 7.91. The van der Waals surface area contributed by atoms with Crippen LogP contribution < -0.4 is 5.32 Å². The van der Waals surface area contributed by atoms with Gasteiger partial charge in [-0.25, -0.2) is 0 Å². The van der Waals surface area contributed by atoms with Gasteiger partial charge >= 0.3 is 0 Å². The van der Waals surface area contributed by atoms with Gasteiger partial charge < -0.3 is 9.88 Å². The van der Waals surface area contributed by atoms with E-state index in [1.807, 2.05) is 53.6 Å². The van der Waals surface area contributed by atoms with Gasteiger partial charge in [-0.3, -0.25) is 9.48 Å². The molecule has 5 nitrogen and oxygen atoms in total. The molecule has 27 heavy (non-hydrogen) atoms. The van der Waals surface area contributed by atoms with Gasteiger partial charge in [0.05, 0.1) is 19.0 Å². The van der Waals surface area contributed by atoms with E-state index in [9.17, 15) is 4.79 Å². The van der Waals surface area contributed by atoms with Crippen LogP contribution in [0.3, 0.4) is 0 Å². The molecule has 0 radical (unpaired) electrons. The van der Waals surface area contributed by atoms with Crippen molar-refractivity contribution in [2.24, 2.45) is 0 Å². The maximum absolute atomic E-state index is 12.6. The van der Waals surface area contributed by atoms with E-state index < -0.39 is 0 Å². The summed E-state index contributed by atoms with van der Waals surface area (Å²) >= 11 is 0. The van der Waals surface area contributed by atoms with E-state index in [4.69, 9.17) is 0 Å². The van der Waals surface area contributed by atoms with Crippen molar-refractivity contribution in [3.63, 3.8) is 0 Å². The molecule has 1 unspecified atom stereocenters. The summed E-state index contributed by atoms with van der Waals surface area (Å²) in [6, 6.07) is 20.4. The lowest BCUT2D eigenvalue weighted by Crippen LogP contribution is -2.29. The zero-order chi connectivity index (χ0) is 18.5. The standard InChI is InChI=1S/C22H22N4O/c27-22(23-12-16-26-15-6-11-24-26)17-21(25-13-3-4-14-25)20-10-5-8-18-7-1-2-9-19(18)20/h1-11,13-15,21H,12,16-17H2,(H,23,27). The summed E-state index contributed by atoms with van der Waals surface area (Å²) in [6.07, 6.45) is 8.06. The Kier molecular flexibility index (Phi) is 5.01. The molecular weight excluding hydrogens is 336 g/mol. The molecule has 4 aromatic rings. The second-order valence-electron chi connectivity index (χ2n) is 6.54. The summed E-state index contributed by atoms with van der Waals surface area (Å²) in [6.45, 7) is 1.23. The van der Waals surface area contributed by atoms with Crippen molar-refractivity contribution in [1.29, 1.82) is 0 Å². The van der Waals surface area contributed by atoms with Crippen molar-refractivity contribution in [2.45, 2.75) is 19.0 Å². The van der Waals surface area contributed by atoms with Gasteiger partial charge in [-0.15, -0.1) is 0 Å². The minimum absolute atomic E-state index is 0.0359. The first kappa shape index (κ1) is 17.1. The van der Waals surface area contributed by atoms with Gasteiger partial charge in [-0.2, -0.15) is 5.10 Å². The van der Waals surface area contributed by atoms with Crippen LogP contribution in [0.5, 0.6) is 0 Å². The fourth-order valence-electron chi connectivity index (χ4n) is 3.46. The van der Waals surface area contributed by atoms with Gasteiger partial charge in [0.15, 0.2) is 0 Å². The third-order valence-electron chi connectivity index (χ3n) is 4.77. The third-order valence-corrected chi connectivity index (χ3v) is 4.77. The lowest BCUT2D eigenvalue weighted by molar-refractivity contribution is -0.121. The lowest BCUT2D eigenvalue weighted by atomic mass is 9.96. The largest absolute Gasteiger partial charge is 0.354 e. The number of fused-ring (bicyclic) bond motifs is 1. The maximum Gasteiger partial charge on any atom is 0.222 e. The van der Waals surface area contributed by atoms with Crippen LogP contribution in [0.25, 0.3) is 10.8 Å². The highest BCUT2D eigenvalue weighted by molar-refractivity contribution is 5.87. The molecule has 0 aliphatic carbocycles. The molecule has 0 bridgehead atoms. The van der Waals surface area contributed by atoms with Gasteiger partial charge in [-0.1, -0.05) is 42.5 Å². The van der Waals surface area contributed by atoms with Crippen molar-refractivity contribution >= 4 is 16.7 Å². The molecule has 0 aliphatic heterocycles. The molecule has 1 N–H and O–H groups in total. The predicted octanol–water partition coefficient (Wildman–Crippen LogP) is 3.63. The molecule has 5 heteroatoms. The number of aromatic nitrogens is 3. The monoisotopic (exact) mass is 358 g/mol. The minimum atomic E-state index is -0.0456. The van der Waals surface area contributed by atoms with E-state index in [0.29, 0.717) is 19.5 Å². The topological polar surface area (TPSA) is 51.9 Å². The van der Waals surface area contributed by atoms with Gasteiger partial charge in [-0.05, 0) is 34.5 Å². The maximum atomic E-state index is 12.6. The first-order valence-electron chi connectivity index (χ1n) is 9.15. The average molecular weight is 358 g/mol. The van der Waals surface area contributed by atoms with Crippen LogP contribution in [0, 0.1) is 0 Å². The Balaban J connectivity index is 1.54. The van der Waals surface area contributed by atoms with E-state index in [1.165, 1.54) is 10.8 Å². The molecular formula is C22H22N4O. The molecule has 2 aromatic carbocycles. The van der Waals surface area contributed by atoms with Crippen LogP contribution in [-0.4, -0.2) is 26.8 Å². The Morgan fingerprint density at radius 1 is 0.963 bits per heavy atom. The Morgan fingerprint density at radius 2 is 1.78 bits per heavy atom. The normalized spacial score (nSPS) is 12.1. The number of nitrogens with zero attached hydrogens (tertiary/aromatic N) is 3. The van der Waals surface area contributed by atoms with Gasteiger partial charge in [0, 0.05) is 31.3 Å². The number of carbonyl (C=O) groups excluding carboxylic acids is 1. The van der Waals surface area contributed by atoms with Crippen LogP contribution in [0.2, 0.25) is 0 Å².